The van der Waals surface area contributed by atoms with Crippen molar-refractivity contribution in [2.24, 2.45) is 0 Å². The lowest BCUT2D eigenvalue weighted by atomic mass is 10.1. The highest BCUT2D eigenvalue weighted by atomic mass is 16.5. The molecule has 0 aliphatic heterocycles. The maximum atomic E-state index is 5.21. The molecular formula is C13H14N2O2. The molecule has 0 amide bonds. The van der Waals surface area contributed by atoms with Crippen molar-refractivity contribution in [2.75, 3.05) is 14.2 Å². The summed E-state index contributed by atoms with van der Waals surface area (Å²) >= 11 is 0. The van der Waals surface area contributed by atoms with E-state index in [0.717, 1.165) is 22.6 Å². The van der Waals surface area contributed by atoms with Crippen LogP contribution in [0.4, 0.5) is 0 Å². The summed E-state index contributed by atoms with van der Waals surface area (Å²) in [7, 11) is 3.22. The van der Waals surface area contributed by atoms with Crippen LogP contribution in [0.3, 0.4) is 0 Å². The van der Waals surface area contributed by atoms with Crippen LogP contribution in [0, 0.1) is 6.92 Å². The van der Waals surface area contributed by atoms with Gasteiger partial charge in [0.1, 0.15) is 5.75 Å². The molecule has 1 aromatic carbocycles. The molecule has 0 aliphatic rings. The maximum Gasteiger partial charge on any atom is 0.232 e. The molecule has 1 aromatic heterocycles. The molecule has 0 atom stereocenters. The van der Waals surface area contributed by atoms with Gasteiger partial charge in [0.25, 0.3) is 0 Å². The Bertz CT molecular complexity index is 527. The molecule has 1 heterocycles. The zero-order valence-electron chi connectivity index (χ0n) is 10.1. The van der Waals surface area contributed by atoms with Crippen LogP contribution in [-0.2, 0) is 0 Å². The molecule has 88 valence electrons. The first kappa shape index (κ1) is 11.4. The van der Waals surface area contributed by atoms with Gasteiger partial charge in [-0.05, 0) is 24.6 Å². The van der Waals surface area contributed by atoms with Crippen molar-refractivity contribution in [2.45, 2.75) is 6.92 Å². The molecule has 0 aliphatic carbocycles. The van der Waals surface area contributed by atoms with E-state index in [4.69, 9.17) is 9.47 Å². The van der Waals surface area contributed by atoms with E-state index in [1.54, 1.807) is 26.6 Å². The van der Waals surface area contributed by atoms with Crippen LogP contribution in [0.15, 0.2) is 30.6 Å². The summed E-state index contributed by atoms with van der Waals surface area (Å²) in [5.41, 5.74) is 2.89. The Balaban J connectivity index is 2.50. The predicted octanol–water partition coefficient (Wildman–Crippen LogP) is 2.47. The van der Waals surface area contributed by atoms with E-state index in [1.165, 1.54) is 0 Å². The molecule has 17 heavy (non-hydrogen) atoms. The summed E-state index contributed by atoms with van der Waals surface area (Å²) in [5, 5.41) is 0. The van der Waals surface area contributed by atoms with Crippen LogP contribution in [-0.4, -0.2) is 24.2 Å². The highest BCUT2D eigenvalue weighted by Crippen LogP contribution is 2.26. The first-order valence-electron chi connectivity index (χ1n) is 5.25. The Morgan fingerprint density at radius 2 is 1.88 bits per heavy atom. The number of aromatic nitrogens is 2. The number of hydrogen-bond donors (Lipinski definition) is 0. The second-order valence-electron chi connectivity index (χ2n) is 3.63. The largest absolute Gasteiger partial charge is 0.497 e. The first-order valence-corrected chi connectivity index (χ1v) is 5.25. The van der Waals surface area contributed by atoms with E-state index in [1.807, 2.05) is 25.1 Å². The zero-order valence-corrected chi connectivity index (χ0v) is 10.1. The molecule has 0 saturated heterocycles. The number of rotatable bonds is 3. The Labute approximate surface area is 100 Å². The molecule has 0 bridgehead atoms. The minimum absolute atomic E-state index is 0.504. The number of nitrogens with zero attached hydrogens (tertiary/aromatic N) is 2. The third kappa shape index (κ3) is 2.36. The second kappa shape index (κ2) is 4.82. The summed E-state index contributed by atoms with van der Waals surface area (Å²) in [6, 6.07) is 5.86. The maximum absolute atomic E-state index is 5.21. The monoisotopic (exact) mass is 230 g/mol. The van der Waals surface area contributed by atoms with Crippen molar-refractivity contribution in [3.8, 4) is 22.9 Å². The van der Waals surface area contributed by atoms with E-state index in [9.17, 15) is 0 Å². The average Bonchev–Trinajstić information content (AvgIpc) is 2.39. The zero-order chi connectivity index (χ0) is 12.3. The van der Waals surface area contributed by atoms with Crippen LogP contribution in [0.5, 0.6) is 11.6 Å². The smallest absolute Gasteiger partial charge is 0.232 e. The van der Waals surface area contributed by atoms with Gasteiger partial charge in [-0.25, -0.2) is 4.98 Å². The van der Waals surface area contributed by atoms with Gasteiger partial charge >= 0.3 is 0 Å². The summed E-state index contributed by atoms with van der Waals surface area (Å²) in [6.45, 7) is 2.02. The first-order chi connectivity index (χ1) is 8.24. The molecule has 4 heteroatoms. The summed E-state index contributed by atoms with van der Waals surface area (Å²) < 4.78 is 10.3. The Morgan fingerprint density at radius 1 is 1.06 bits per heavy atom. The molecule has 0 spiro atoms. The minimum atomic E-state index is 0.504. The highest BCUT2D eigenvalue weighted by Gasteiger charge is 2.07. The van der Waals surface area contributed by atoms with Crippen LogP contribution in [0.1, 0.15) is 5.56 Å². The topological polar surface area (TPSA) is 44.2 Å². The fraction of sp³-hybridized carbons (Fsp3) is 0.231. The lowest BCUT2D eigenvalue weighted by molar-refractivity contribution is 0.396. The highest BCUT2D eigenvalue weighted by molar-refractivity contribution is 5.65. The quantitative estimate of drug-likeness (QED) is 0.812. The molecule has 0 unspecified atom stereocenters. The molecular weight excluding hydrogens is 216 g/mol. The summed E-state index contributed by atoms with van der Waals surface area (Å²) in [4.78, 5) is 8.46. The van der Waals surface area contributed by atoms with Gasteiger partial charge < -0.3 is 9.47 Å². The molecule has 4 nitrogen and oxygen atoms in total. The summed E-state index contributed by atoms with van der Waals surface area (Å²) in [5.74, 6) is 1.31. The number of hydrogen-bond acceptors (Lipinski definition) is 4. The predicted molar refractivity (Wildman–Crippen MR) is 65.3 cm³/mol. The van der Waals surface area contributed by atoms with E-state index in [2.05, 4.69) is 9.97 Å². The standard InChI is InChI=1S/C13H14N2O2/c1-9-4-5-10(16-2)6-11(9)12-7-14-8-13(15-12)17-3/h4-8H,1-3H3. The Morgan fingerprint density at radius 3 is 2.59 bits per heavy atom. The van der Waals surface area contributed by atoms with Crippen LogP contribution < -0.4 is 9.47 Å². The molecule has 0 saturated carbocycles. The minimum Gasteiger partial charge on any atom is -0.497 e. The van der Waals surface area contributed by atoms with Gasteiger partial charge in [-0.2, -0.15) is 0 Å². The van der Waals surface area contributed by atoms with Gasteiger partial charge in [-0.1, -0.05) is 6.07 Å². The van der Waals surface area contributed by atoms with Crippen LogP contribution in [0.2, 0.25) is 0 Å². The van der Waals surface area contributed by atoms with Crippen molar-refractivity contribution in [3.63, 3.8) is 0 Å². The molecule has 0 radical (unpaired) electrons. The van der Waals surface area contributed by atoms with Gasteiger partial charge in [-0.15, -0.1) is 0 Å². The third-order valence-corrected chi connectivity index (χ3v) is 2.54. The Hall–Kier alpha value is -2.10. The van der Waals surface area contributed by atoms with Crippen molar-refractivity contribution < 1.29 is 9.47 Å². The van der Waals surface area contributed by atoms with Gasteiger partial charge in [0.15, 0.2) is 0 Å². The fourth-order valence-corrected chi connectivity index (χ4v) is 1.58. The SMILES string of the molecule is COc1ccc(C)c(-c2cncc(OC)n2)c1. The van der Waals surface area contributed by atoms with Gasteiger partial charge in [0, 0.05) is 5.56 Å². The van der Waals surface area contributed by atoms with Crippen LogP contribution >= 0.6 is 0 Å². The molecule has 2 rings (SSSR count). The van der Waals surface area contributed by atoms with Crippen LogP contribution in [0.25, 0.3) is 11.3 Å². The van der Waals surface area contributed by atoms with Crippen molar-refractivity contribution in [1.29, 1.82) is 0 Å². The van der Waals surface area contributed by atoms with E-state index < -0.39 is 0 Å². The molecule has 2 aromatic rings. The number of methoxy groups -OCH3 is 2. The number of aryl methyl sites for hydroxylation is 1. The second-order valence-corrected chi connectivity index (χ2v) is 3.63. The van der Waals surface area contributed by atoms with Gasteiger partial charge in [0.2, 0.25) is 5.88 Å². The van der Waals surface area contributed by atoms with Gasteiger partial charge in [0.05, 0.1) is 32.3 Å². The van der Waals surface area contributed by atoms with E-state index in [-0.39, 0.29) is 0 Å². The fourth-order valence-electron chi connectivity index (χ4n) is 1.58. The molecule has 0 N–H and O–H groups in total. The van der Waals surface area contributed by atoms with Crippen molar-refractivity contribution >= 4 is 0 Å². The molecule has 0 fully saturated rings. The number of benzene rings is 1. The number of ether oxygens (including phenoxy) is 2. The van der Waals surface area contributed by atoms with Gasteiger partial charge in [-0.3, -0.25) is 4.98 Å². The average molecular weight is 230 g/mol. The Kier molecular flexibility index (Phi) is 3.23. The summed E-state index contributed by atoms with van der Waals surface area (Å²) in [6.07, 6.45) is 3.29. The lowest BCUT2D eigenvalue weighted by Crippen LogP contribution is -1.94. The lowest BCUT2D eigenvalue weighted by Gasteiger charge is -2.08. The van der Waals surface area contributed by atoms with Crippen molar-refractivity contribution in [3.05, 3.63) is 36.2 Å². The third-order valence-electron chi connectivity index (χ3n) is 2.54. The van der Waals surface area contributed by atoms with E-state index >= 15 is 0 Å². The normalized spacial score (nSPS) is 10.1. The van der Waals surface area contributed by atoms with E-state index in [0.29, 0.717) is 5.88 Å². The van der Waals surface area contributed by atoms with Crippen molar-refractivity contribution in [1.82, 2.24) is 9.97 Å².